The highest BCUT2D eigenvalue weighted by Crippen LogP contribution is 2.10. The third-order valence-corrected chi connectivity index (χ3v) is 3.20. The Morgan fingerprint density at radius 3 is 2.75 bits per heavy atom. The first-order chi connectivity index (χ1) is 7.83. The van der Waals surface area contributed by atoms with Gasteiger partial charge in [-0.3, -0.25) is 4.79 Å². The van der Waals surface area contributed by atoms with Crippen molar-refractivity contribution >= 4 is 17.7 Å². The summed E-state index contributed by atoms with van der Waals surface area (Å²) in [4.78, 5) is 11.4. The van der Waals surface area contributed by atoms with Gasteiger partial charge in [0.05, 0.1) is 5.75 Å². The average molecular weight is 237 g/mol. The van der Waals surface area contributed by atoms with Gasteiger partial charge in [-0.25, -0.2) is 0 Å². The van der Waals surface area contributed by atoms with E-state index in [1.165, 1.54) is 5.56 Å². The lowest BCUT2D eigenvalue weighted by Gasteiger charge is -2.04. The van der Waals surface area contributed by atoms with Crippen LogP contribution in [0.1, 0.15) is 25.3 Å². The molecule has 0 aliphatic rings. The molecule has 0 aromatic heterocycles. The number of hydrogen-bond donors (Lipinski definition) is 1. The Balaban J connectivity index is 2.09. The number of rotatable bonds is 7. The van der Waals surface area contributed by atoms with E-state index in [0.29, 0.717) is 5.75 Å². The van der Waals surface area contributed by atoms with Crippen LogP contribution in [0.4, 0.5) is 0 Å². The lowest BCUT2D eigenvalue weighted by Crippen LogP contribution is -2.26. The van der Waals surface area contributed by atoms with E-state index in [1.54, 1.807) is 11.8 Å². The van der Waals surface area contributed by atoms with E-state index >= 15 is 0 Å². The van der Waals surface area contributed by atoms with Crippen LogP contribution < -0.4 is 5.32 Å². The summed E-state index contributed by atoms with van der Waals surface area (Å²) >= 11 is 1.66. The maximum atomic E-state index is 11.4. The molecule has 0 heterocycles. The molecule has 0 aliphatic heterocycles. The van der Waals surface area contributed by atoms with Crippen LogP contribution in [-0.2, 0) is 10.5 Å². The summed E-state index contributed by atoms with van der Waals surface area (Å²) in [7, 11) is 0. The first kappa shape index (κ1) is 13.1. The highest BCUT2D eigenvalue weighted by molar-refractivity contribution is 7.99. The van der Waals surface area contributed by atoms with E-state index in [2.05, 4.69) is 24.4 Å². The van der Waals surface area contributed by atoms with Gasteiger partial charge in [0, 0.05) is 12.3 Å². The third-order valence-electron chi connectivity index (χ3n) is 2.20. The van der Waals surface area contributed by atoms with E-state index in [4.69, 9.17) is 0 Å². The van der Waals surface area contributed by atoms with Gasteiger partial charge in [-0.05, 0) is 12.0 Å². The van der Waals surface area contributed by atoms with Crippen molar-refractivity contribution in [2.75, 3.05) is 12.3 Å². The number of unbranched alkanes of at least 4 members (excludes halogenated alkanes) is 1. The molecule has 1 N–H and O–H groups in total. The van der Waals surface area contributed by atoms with Gasteiger partial charge in [0.25, 0.3) is 0 Å². The summed E-state index contributed by atoms with van der Waals surface area (Å²) in [5.41, 5.74) is 1.27. The Hall–Kier alpha value is -0.960. The molecule has 1 amide bonds. The van der Waals surface area contributed by atoms with Crippen molar-refractivity contribution in [3.05, 3.63) is 35.9 Å². The van der Waals surface area contributed by atoms with Crippen LogP contribution in [0.3, 0.4) is 0 Å². The molecule has 3 heteroatoms. The standard InChI is InChI=1S/C13H19NOS/c1-2-3-9-14-13(15)11-16-10-12-7-5-4-6-8-12/h4-8H,2-3,9-11H2,1H3,(H,14,15). The quantitative estimate of drug-likeness (QED) is 0.739. The number of thioether (sulfide) groups is 1. The SMILES string of the molecule is CCCCNC(=O)CSCc1ccccc1. The molecule has 0 atom stereocenters. The van der Waals surface area contributed by atoms with Crippen LogP contribution in [-0.4, -0.2) is 18.2 Å². The number of benzene rings is 1. The fraction of sp³-hybridized carbons (Fsp3) is 0.462. The van der Waals surface area contributed by atoms with Crippen molar-refractivity contribution in [2.45, 2.75) is 25.5 Å². The molecule has 16 heavy (non-hydrogen) atoms. The lowest BCUT2D eigenvalue weighted by molar-refractivity contribution is -0.118. The fourth-order valence-corrected chi connectivity index (χ4v) is 2.11. The molecular weight excluding hydrogens is 218 g/mol. The molecule has 1 aromatic rings. The molecule has 0 fully saturated rings. The van der Waals surface area contributed by atoms with Gasteiger partial charge in [0.15, 0.2) is 0 Å². The zero-order valence-corrected chi connectivity index (χ0v) is 10.6. The molecule has 0 spiro atoms. The number of amides is 1. The molecule has 0 radical (unpaired) electrons. The molecule has 0 bridgehead atoms. The lowest BCUT2D eigenvalue weighted by atomic mass is 10.2. The van der Waals surface area contributed by atoms with Gasteiger partial charge in [-0.15, -0.1) is 11.8 Å². The van der Waals surface area contributed by atoms with Crippen molar-refractivity contribution in [3.8, 4) is 0 Å². The third kappa shape index (κ3) is 5.81. The van der Waals surface area contributed by atoms with Gasteiger partial charge in [0.2, 0.25) is 5.91 Å². The largest absolute Gasteiger partial charge is 0.355 e. The molecule has 2 nitrogen and oxygen atoms in total. The maximum Gasteiger partial charge on any atom is 0.230 e. The Labute approximate surface area is 102 Å². The number of hydrogen-bond acceptors (Lipinski definition) is 2. The summed E-state index contributed by atoms with van der Waals surface area (Å²) < 4.78 is 0. The van der Waals surface area contributed by atoms with Crippen molar-refractivity contribution in [3.63, 3.8) is 0 Å². The molecule has 1 aromatic carbocycles. The molecule has 0 saturated heterocycles. The molecule has 0 aliphatic carbocycles. The number of carbonyl (C=O) groups excluding carboxylic acids is 1. The molecule has 0 unspecified atom stereocenters. The van der Waals surface area contributed by atoms with Gasteiger partial charge >= 0.3 is 0 Å². The zero-order chi connectivity index (χ0) is 11.6. The Morgan fingerprint density at radius 1 is 1.31 bits per heavy atom. The van der Waals surface area contributed by atoms with E-state index in [0.717, 1.165) is 25.1 Å². The van der Waals surface area contributed by atoms with Crippen LogP contribution in [0.5, 0.6) is 0 Å². The maximum absolute atomic E-state index is 11.4. The fourth-order valence-electron chi connectivity index (χ4n) is 1.29. The summed E-state index contributed by atoms with van der Waals surface area (Å²) in [5.74, 6) is 1.61. The van der Waals surface area contributed by atoms with Crippen molar-refractivity contribution in [1.29, 1.82) is 0 Å². The van der Waals surface area contributed by atoms with Crippen LogP contribution in [0.15, 0.2) is 30.3 Å². The van der Waals surface area contributed by atoms with E-state index in [1.807, 2.05) is 18.2 Å². The average Bonchev–Trinajstić information content (AvgIpc) is 2.31. The zero-order valence-electron chi connectivity index (χ0n) is 9.74. The number of carbonyl (C=O) groups is 1. The van der Waals surface area contributed by atoms with Crippen molar-refractivity contribution < 1.29 is 4.79 Å². The molecule has 88 valence electrons. The van der Waals surface area contributed by atoms with Gasteiger partial charge in [-0.2, -0.15) is 0 Å². The Morgan fingerprint density at radius 2 is 2.06 bits per heavy atom. The van der Waals surface area contributed by atoms with Crippen LogP contribution >= 0.6 is 11.8 Å². The summed E-state index contributed by atoms with van der Waals surface area (Å²) in [6, 6.07) is 10.2. The second-order valence-electron chi connectivity index (χ2n) is 3.68. The first-order valence-corrected chi connectivity index (χ1v) is 6.86. The first-order valence-electron chi connectivity index (χ1n) is 5.71. The predicted molar refractivity (Wildman–Crippen MR) is 70.5 cm³/mol. The molecular formula is C13H19NOS. The normalized spacial score (nSPS) is 10.1. The monoisotopic (exact) mass is 237 g/mol. The summed E-state index contributed by atoms with van der Waals surface area (Å²) in [6.45, 7) is 2.93. The van der Waals surface area contributed by atoms with Gasteiger partial charge < -0.3 is 5.32 Å². The Bertz CT molecular complexity index is 300. The summed E-state index contributed by atoms with van der Waals surface area (Å²) in [6.07, 6.45) is 2.19. The molecule has 0 saturated carbocycles. The highest BCUT2D eigenvalue weighted by atomic mass is 32.2. The smallest absolute Gasteiger partial charge is 0.230 e. The minimum atomic E-state index is 0.148. The van der Waals surface area contributed by atoms with E-state index < -0.39 is 0 Å². The predicted octanol–water partition coefficient (Wildman–Crippen LogP) is 2.84. The van der Waals surface area contributed by atoms with E-state index in [9.17, 15) is 4.79 Å². The minimum absolute atomic E-state index is 0.148. The van der Waals surface area contributed by atoms with Gasteiger partial charge in [-0.1, -0.05) is 43.7 Å². The van der Waals surface area contributed by atoms with E-state index in [-0.39, 0.29) is 5.91 Å². The van der Waals surface area contributed by atoms with Crippen molar-refractivity contribution in [1.82, 2.24) is 5.32 Å². The Kier molecular flexibility index (Phi) is 6.74. The second-order valence-corrected chi connectivity index (χ2v) is 4.67. The van der Waals surface area contributed by atoms with Crippen molar-refractivity contribution in [2.24, 2.45) is 0 Å². The van der Waals surface area contributed by atoms with Crippen LogP contribution in [0.2, 0.25) is 0 Å². The van der Waals surface area contributed by atoms with Crippen LogP contribution in [0.25, 0.3) is 0 Å². The van der Waals surface area contributed by atoms with Gasteiger partial charge in [0.1, 0.15) is 0 Å². The minimum Gasteiger partial charge on any atom is -0.355 e. The second kappa shape index (κ2) is 8.22. The van der Waals surface area contributed by atoms with Crippen LogP contribution in [0, 0.1) is 0 Å². The molecule has 1 rings (SSSR count). The topological polar surface area (TPSA) is 29.1 Å². The highest BCUT2D eigenvalue weighted by Gasteiger charge is 2.00. The number of nitrogens with one attached hydrogen (secondary N) is 1. The summed E-state index contributed by atoms with van der Waals surface area (Å²) in [5, 5.41) is 2.91.